The van der Waals surface area contributed by atoms with E-state index in [1.54, 1.807) is 0 Å². The summed E-state index contributed by atoms with van der Waals surface area (Å²) >= 11 is 7.26. The second-order valence-corrected chi connectivity index (χ2v) is 7.08. The van der Waals surface area contributed by atoms with Crippen LogP contribution in [0.15, 0.2) is 66.0 Å². The number of hydrogen-bond acceptors (Lipinski definition) is 5. The molecule has 0 bridgehead atoms. The van der Waals surface area contributed by atoms with E-state index < -0.39 is 18.5 Å². The van der Waals surface area contributed by atoms with Crippen LogP contribution in [0.3, 0.4) is 0 Å². The number of thiophene rings is 1. The van der Waals surface area contributed by atoms with Gasteiger partial charge in [-0.1, -0.05) is 48.0 Å². The third-order valence-corrected chi connectivity index (χ3v) is 4.95. The molecule has 2 aromatic carbocycles. The van der Waals surface area contributed by atoms with E-state index in [2.05, 4.69) is 5.32 Å². The highest BCUT2D eigenvalue weighted by atomic mass is 35.5. The first-order chi connectivity index (χ1) is 13.0. The lowest BCUT2D eigenvalue weighted by Gasteiger charge is -2.18. The molecule has 0 aliphatic heterocycles. The summed E-state index contributed by atoms with van der Waals surface area (Å²) in [6, 6.07) is 17.1. The van der Waals surface area contributed by atoms with Gasteiger partial charge in [0.1, 0.15) is 11.3 Å². The molecule has 0 aliphatic carbocycles. The van der Waals surface area contributed by atoms with Gasteiger partial charge in [-0.05, 0) is 35.2 Å². The number of hydrogen-bond donors (Lipinski definition) is 2. The number of rotatable bonds is 6. The van der Waals surface area contributed by atoms with Crippen LogP contribution in [0.25, 0.3) is 0 Å². The lowest BCUT2D eigenvalue weighted by atomic mass is 10.1. The molecule has 5 nitrogen and oxygen atoms in total. The zero-order valence-electron chi connectivity index (χ0n) is 14.1. The van der Waals surface area contributed by atoms with Crippen molar-refractivity contribution in [2.75, 3.05) is 6.61 Å². The van der Waals surface area contributed by atoms with Gasteiger partial charge in [-0.15, -0.1) is 11.3 Å². The van der Waals surface area contributed by atoms with E-state index in [1.807, 2.05) is 47.8 Å². The summed E-state index contributed by atoms with van der Waals surface area (Å²) < 4.78 is 5.01. The number of ether oxygens (including phenoxy) is 1. The highest BCUT2D eigenvalue weighted by Gasteiger charge is 2.20. The van der Waals surface area contributed by atoms with Crippen molar-refractivity contribution in [1.29, 1.82) is 0 Å². The van der Waals surface area contributed by atoms with Gasteiger partial charge >= 0.3 is 5.97 Å². The second-order valence-electron chi connectivity index (χ2n) is 5.66. The zero-order valence-corrected chi connectivity index (χ0v) is 15.7. The standard InChI is InChI=1S/C20H16ClNO4S/c21-14-8-9-15(16(23)11-14)20(25)26-12-18(24)22-19(17-7-4-10-27-17)13-5-2-1-3-6-13/h1-11,19,23H,12H2,(H,22,24)/t19-/m1/s1. The molecule has 3 aromatic rings. The maximum Gasteiger partial charge on any atom is 0.342 e. The molecule has 0 saturated carbocycles. The highest BCUT2D eigenvalue weighted by Crippen LogP contribution is 2.26. The van der Waals surface area contributed by atoms with Crippen LogP contribution in [0.1, 0.15) is 26.8 Å². The fourth-order valence-electron chi connectivity index (χ4n) is 2.51. The van der Waals surface area contributed by atoms with E-state index in [0.29, 0.717) is 5.02 Å². The van der Waals surface area contributed by atoms with Crippen molar-refractivity contribution >= 4 is 34.8 Å². The Bertz CT molecular complexity index is 928. The van der Waals surface area contributed by atoms with E-state index in [0.717, 1.165) is 10.4 Å². The molecule has 3 rings (SSSR count). The molecule has 0 spiro atoms. The van der Waals surface area contributed by atoms with Crippen LogP contribution in [0.5, 0.6) is 5.75 Å². The molecule has 1 heterocycles. The van der Waals surface area contributed by atoms with Gasteiger partial charge in [-0.25, -0.2) is 4.79 Å². The van der Waals surface area contributed by atoms with Gasteiger partial charge in [-0.3, -0.25) is 4.79 Å². The molecule has 27 heavy (non-hydrogen) atoms. The zero-order chi connectivity index (χ0) is 19.2. The minimum absolute atomic E-state index is 0.0509. The van der Waals surface area contributed by atoms with Crippen LogP contribution in [0, 0.1) is 0 Å². The Balaban J connectivity index is 1.65. The van der Waals surface area contributed by atoms with E-state index in [-0.39, 0.29) is 17.4 Å². The Morgan fingerprint density at radius 2 is 1.89 bits per heavy atom. The quantitative estimate of drug-likeness (QED) is 0.608. The number of aromatic hydroxyl groups is 1. The predicted molar refractivity (Wildman–Crippen MR) is 104 cm³/mol. The van der Waals surface area contributed by atoms with Crippen molar-refractivity contribution in [3.05, 3.63) is 87.1 Å². The Kier molecular flexibility index (Phi) is 6.11. The van der Waals surface area contributed by atoms with Crippen LogP contribution in [-0.2, 0) is 9.53 Å². The van der Waals surface area contributed by atoms with Gasteiger partial charge in [-0.2, -0.15) is 0 Å². The van der Waals surface area contributed by atoms with E-state index >= 15 is 0 Å². The maximum atomic E-state index is 12.3. The van der Waals surface area contributed by atoms with Crippen molar-refractivity contribution in [3.8, 4) is 5.75 Å². The number of nitrogens with one attached hydrogen (secondary N) is 1. The number of amides is 1. The summed E-state index contributed by atoms with van der Waals surface area (Å²) in [5.74, 6) is -1.54. The maximum absolute atomic E-state index is 12.3. The largest absolute Gasteiger partial charge is 0.507 e. The summed E-state index contributed by atoms with van der Waals surface area (Å²) in [7, 11) is 0. The molecule has 7 heteroatoms. The van der Waals surface area contributed by atoms with E-state index in [1.165, 1.54) is 29.5 Å². The van der Waals surface area contributed by atoms with Gasteiger partial charge < -0.3 is 15.2 Å². The summed E-state index contributed by atoms with van der Waals surface area (Å²) in [5.41, 5.74) is 0.875. The number of esters is 1. The minimum atomic E-state index is -0.799. The minimum Gasteiger partial charge on any atom is -0.507 e. The Labute approximate surface area is 165 Å². The van der Waals surface area contributed by atoms with Crippen molar-refractivity contribution in [2.45, 2.75) is 6.04 Å². The van der Waals surface area contributed by atoms with Crippen LogP contribution in [0.2, 0.25) is 5.02 Å². The Morgan fingerprint density at radius 3 is 2.56 bits per heavy atom. The molecular weight excluding hydrogens is 386 g/mol. The molecule has 0 fully saturated rings. The first-order valence-electron chi connectivity index (χ1n) is 8.08. The SMILES string of the molecule is O=C(COC(=O)c1ccc(Cl)cc1O)N[C@H](c1ccccc1)c1cccs1. The van der Waals surface area contributed by atoms with Crippen molar-refractivity contribution in [2.24, 2.45) is 0 Å². The number of phenolic OH excluding ortho intramolecular Hbond substituents is 1. The number of carbonyl (C=O) groups excluding carboxylic acids is 2. The molecule has 2 N–H and O–H groups in total. The number of carbonyl (C=O) groups is 2. The summed E-state index contributed by atoms with van der Waals surface area (Å²) in [5, 5.41) is 14.9. The highest BCUT2D eigenvalue weighted by molar-refractivity contribution is 7.10. The fourth-order valence-corrected chi connectivity index (χ4v) is 3.48. The Hall–Kier alpha value is -2.83. The number of phenols is 1. The molecular formula is C20H16ClNO4S. The van der Waals surface area contributed by atoms with Gasteiger partial charge in [0, 0.05) is 9.90 Å². The van der Waals surface area contributed by atoms with Gasteiger partial charge in [0.15, 0.2) is 6.61 Å². The topological polar surface area (TPSA) is 75.6 Å². The van der Waals surface area contributed by atoms with Crippen molar-refractivity contribution < 1.29 is 19.4 Å². The van der Waals surface area contributed by atoms with Crippen LogP contribution in [-0.4, -0.2) is 23.6 Å². The van der Waals surface area contributed by atoms with Crippen LogP contribution < -0.4 is 5.32 Å². The lowest BCUT2D eigenvalue weighted by Crippen LogP contribution is -2.32. The molecule has 0 unspecified atom stereocenters. The van der Waals surface area contributed by atoms with E-state index in [4.69, 9.17) is 16.3 Å². The first-order valence-corrected chi connectivity index (χ1v) is 9.33. The normalized spacial score (nSPS) is 11.6. The van der Waals surface area contributed by atoms with Gasteiger partial charge in [0.2, 0.25) is 0 Å². The van der Waals surface area contributed by atoms with Gasteiger partial charge in [0.25, 0.3) is 5.91 Å². The predicted octanol–water partition coefficient (Wildman–Crippen LogP) is 4.17. The molecule has 0 aliphatic rings. The monoisotopic (exact) mass is 401 g/mol. The third kappa shape index (κ3) is 4.87. The van der Waals surface area contributed by atoms with Crippen molar-refractivity contribution in [1.82, 2.24) is 5.32 Å². The molecule has 1 atom stereocenters. The molecule has 138 valence electrons. The summed E-state index contributed by atoms with van der Waals surface area (Å²) in [4.78, 5) is 25.4. The van der Waals surface area contributed by atoms with E-state index in [9.17, 15) is 14.7 Å². The van der Waals surface area contributed by atoms with Crippen molar-refractivity contribution in [3.63, 3.8) is 0 Å². The Morgan fingerprint density at radius 1 is 1.11 bits per heavy atom. The first kappa shape index (κ1) is 18.9. The second kappa shape index (κ2) is 8.70. The molecule has 0 saturated heterocycles. The molecule has 1 aromatic heterocycles. The molecule has 0 radical (unpaired) electrons. The lowest BCUT2D eigenvalue weighted by molar-refractivity contribution is -0.124. The van der Waals surface area contributed by atoms with Crippen LogP contribution in [0.4, 0.5) is 0 Å². The average molecular weight is 402 g/mol. The van der Waals surface area contributed by atoms with Crippen LogP contribution >= 0.6 is 22.9 Å². The number of benzene rings is 2. The fraction of sp³-hybridized carbons (Fsp3) is 0.100. The smallest absolute Gasteiger partial charge is 0.342 e. The third-order valence-electron chi connectivity index (χ3n) is 3.78. The number of halogens is 1. The summed E-state index contributed by atoms with van der Waals surface area (Å²) in [6.07, 6.45) is 0. The summed E-state index contributed by atoms with van der Waals surface area (Å²) in [6.45, 7) is -0.463. The average Bonchev–Trinajstić information content (AvgIpc) is 3.19. The van der Waals surface area contributed by atoms with Gasteiger partial charge in [0.05, 0.1) is 6.04 Å². The molecule has 1 amide bonds.